The number of hydrogen-bond donors (Lipinski definition) is 1. The largest absolute Gasteiger partial charge is 0.503 e. The van der Waals surface area contributed by atoms with Crippen molar-refractivity contribution in [3.8, 4) is 11.6 Å². The van der Waals surface area contributed by atoms with Gasteiger partial charge in [-0.15, -0.1) is 0 Å². The maximum absolute atomic E-state index is 11.0. The molecule has 0 saturated carbocycles. The predicted octanol–water partition coefficient (Wildman–Crippen LogP) is 1.27. The number of aromatic nitrogens is 1. The van der Waals surface area contributed by atoms with Gasteiger partial charge in [-0.25, -0.2) is 9.78 Å². The lowest BCUT2D eigenvalue weighted by molar-refractivity contribution is -0.130. The van der Waals surface area contributed by atoms with Crippen LogP contribution in [0.5, 0.6) is 11.6 Å². The molecular weight excluding hydrogens is 170 g/mol. The minimum atomic E-state index is -0.603. The fourth-order valence-electron chi connectivity index (χ4n) is 0.636. The standard InChI is InChI=1S/C9H9NO3/c1-6(2)9(12)13-8-7(11)4-3-5-10-8/h3-5,11H,1H2,2H3. The van der Waals surface area contributed by atoms with Crippen molar-refractivity contribution in [2.24, 2.45) is 0 Å². The molecule has 0 bridgehead atoms. The number of nitrogens with zero attached hydrogens (tertiary/aromatic N) is 1. The van der Waals surface area contributed by atoms with Gasteiger partial charge in [0.05, 0.1) is 0 Å². The van der Waals surface area contributed by atoms with Gasteiger partial charge in [-0.05, 0) is 19.1 Å². The van der Waals surface area contributed by atoms with Crippen LogP contribution in [0, 0.1) is 0 Å². The van der Waals surface area contributed by atoms with Crippen LogP contribution in [0.3, 0.4) is 0 Å². The summed E-state index contributed by atoms with van der Waals surface area (Å²) in [5.74, 6) is -0.874. The first-order chi connectivity index (χ1) is 6.11. The Labute approximate surface area is 75.5 Å². The van der Waals surface area contributed by atoms with Crippen LogP contribution in [-0.4, -0.2) is 16.1 Å². The predicted molar refractivity (Wildman–Crippen MR) is 46.4 cm³/mol. The average molecular weight is 179 g/mol. The third-order valence-corrected chi connectivity index (χ3v) is 1.29. The molecule has 0 atom stereocenters. The van der Waals surface area contributed by atoms with Gasteiger partial charge in [0.15, 0.2) is 5.75 Å². The number of hydrogen-bond acceptors (Lipinski definition) is 4. The number of carbonyl (C=O) groups is 1. The zero-order valence-corrected chi connectivity index (χ0v) is 7.15. The molecule has 0 aliphatic rings. The third-order valence-electron chi connectivity index (χ3n) is 1.29. The number of pyridine rings is 1. The van der Waals surface area contributed by atoms with E-state index >= 15 is 0 Å². The molecule has 0 saturated heterocycles. The van der Waals surface area contributed by atoms with E-state index in [1.54, 1.807) is 0 Å². The molecule has 1 rings (SSSR count). The molecule has 13 heavy (non-hydrogen) atoms. The summed E-state index contributed by atoms with van der Waals surface area (Å²) in [6.07, 6.45) is 1.42. The normalized spacial score (nSPS) is 9.31. The van der Waals surface area contributed by atoms with Crippen molar-refractivity contribution in [1.29, 1.82) is 0 Å². The van der Waals surface area contributed by atoms with Crippen LogP contribution in [0.25, 0.3) is 0 Å². The number of carbonyl (C=O) groups excluding carboxylic acids is 1. The van der Waals surface area contributed by atoms with Crippen molar-refractivity contribution in [3.63, 3.8) is 0 Å². The van der Waals surface area contributed by atoms with E-state index in [-0.39, 0.29) is 17.2 Å². The van der Waals surface area contributed by atoms with Gasteiger partial charge in [0, 0.05) is 11.8 Å². The van der Waals surface area contributed by atoms with E-state index in [0.717, 1.165) is 0 Å². The molecule has 0 spiro atoms. The molecule has 4 nitrogen and oxygen atoms in total. The second-order valence-corrected chi connectivity index (χ2v) is 2.50. The first-order valence-electron chi connectivity index (χ1n) is 3.63. The summed E-state index contributed by atoms with van der Waals surface area (Å²) in [6, 6.07) is 2.92. The van der Waals surface area contributed by atoms with Gasteiger partial charge in [-0.2, -0.15) is 0 Å². The molecule has 68 valence electrons. The van der Waals surface area contributed by atoms with E-state index in [1.165, 1.54) is 25.3 Å². The molecule has 0 unspecified atom stereocenters. The molecule has 0 amide bonds. The number of aromatic hydroxyl groups is 1. The molecule has 0 aliphatic carbocycles. The summed E-state index contributed by atoms with van der Waals surface area (Å²) in [7, 11) is 0. The molecule has 1 aromatic rings. The van der Waals surface area contributed by atoms with Gasteiger partial charge in [0.2, 0.25) is 0 Å². The van der Waals surface area contributed by atoms with Crippen LogP contribution in [0.15, 0.2) is 30.5 Å². The molecule has 0 aromatic carbocycles. The molecule has 1 N–H and O–H groups in total. The highest BCUT2D eigenvalue weighted by Gasteiger charge is 2.09. The van der Waals surface area contributed by atoms with Crippen LogP contribution in [-0.2, 0) is 4.79 Å². The Kier molecular flexibility index (Phi) is 2.64. The molecule has 4 heteroatoms. The minimum Gasteiger partial charge on any atom is -0.503 e. The molecule has 0 fully saturated rings. The molecule has 1 heterocycles. The van der Waals surface area contributed by atoms with Crippen LogP contribution in [0.1, 0.15) is 6.92 Å². The minimum absolute atomic E-state index is 0.101. The van der Waals surface area contributed by atoms with E-state index in [2.05, 4.69) is 11.6 Å². The summed E-state index contributed by atoms with van der Waals surface area (Å²) < 4.78 is 4.71. The maximum atomic E-state index is 11.0. The summed E-state index contributed by atoms with van der Waals surface area (Å²) >= 11 is 0. The number of rotatable bonds is 2. The van der Waals surface area contributed by atoms with Crippen LogP contribution in [0.2, 0.25) is 0 Å². The van der Waals surface area contributed by atoms with Crippen molar-refractivity contribution in [1.82, 2.24) is 4.98 Å². The molecule has 1 aromatic heterocycles. The molecular formula is C9H9NO3. The van der Waals surface area contributed by atoms with E-state index in [0.29, 0.717) is 0 Å². The van der Waals surface area contributed by atoms with Crippen molar-refractivity contribution < 1.29 is 14.6 Å². The monoisotopic (exact) mass is 179 g/mol. The Morgan fingerprint density at radius 3 is 2.92 bits per heavy atom. The summed E-state index contributed by atoms with van der Waals surface area (Å²) in [4.78, 5) is 14.7. The second-order valence-electron chi connectivity index (χ2n) is 2.50. The van der Waals surface area contributed by atoms with E-state index in [1.807, 2.05) is 0 Å². The first kappa shape index (κ1) is 9.25. The van der Waals surface area contributed by atoms with Gasteiger partial charge in [0.25, 0.3) is 5.88 Å². The summed E-state index contributed by atoms with van der Waals surface area (Å²) in [5.41, 5.74) is 0.255. The van der Waals surface area contributed by atoms with Crippen molar-refractivity contribution in [2.75, 3.05) is 0 Å². The smallest absolute Gasteiger partial charge is 0.339 e. The SMILES string of the molecule is C=C(C)C(=O)Oc1ncccc1O. The van der Waals surface area contributed by atoms with E-state index in [9.17, 15) is 9.90 Å². The fourth-order valence-corrected chi connectivity index (χ4v) is 0.636. The van der Waals surface area contributed by atoms with Gasteiger partial charge in [-0.3, -0.25) is 0 Å². The zero-order chi connectivity index (χ0) is 9.84. The summed E-state index contributed by atoms with van der Waals surface area (Å²) in [6.45, 7) is 4.91. The maximum Gasteiger partial charge on any atom is 0.339 e. The highest BCUT2D eigenvalue weighted by Crippen LogP contribution is 2.21. The second kappa shape index (κ2) is 3.71. The van der Waals surface area contributed by atoms with Crippen molar-refractivity contribution in [2.45, 2.75) is 6.92 Å². The van der Waals surface area contributed by atoms with Crippen molar-refractivity contribution >= 4 is 5.97 Å². The average Bonchev–Trinajstić information content (AvgIpc) is 2.08. The van der Waals surface area contributed by atoms with E-state index in [4.69, 9.17) is 4.74 Å². The Morgan fingerprint density at radius 2 is 2.38 bits per heavy atom. The van der Waals surface area contributed by atoms with Gasteiger partial charge < -0.3 is 9.84 Å². The lowest BCUT2D eigenvalue weighted by atomic mass is 10.4. The molecule has 0 aliphatic heterocycles. The zero-order valence-electron chi connectivity index (χ0n) is 7.15. The fraction of sp³-hybridized carbons (Fsp3) is 0.111. The Balaban J connectivity index is 2.81. The number of esters is 1. The van der Waals surface area contributed by atoms with Gasteiger partial charge in [-0.1, -0.05) is 6.58 Å². The van der Waals surface area contributed by atoms with Crippen LogP contribution in [0.4, 0.5) is 0 Å². The summed E-state index contributed by atoms with van der Waals surface area (Å²) in [5, 5.41) is 9.17. The van der Waals surface area contributed by atoms with Gasteiger partial charge >= 0.3 is 5.97 Å². The highest BCUT2D eigenvalue weighted by molar-refractivity contribution is 5.88. The van der Waals surface area contributed by atoms with Crippen LogP contribution >= 0.6 is 0 Å². The lowest BCUT2D eigenvalue weighted by Crippen LogP contribution is -2.09. The topological polar surface area (TPSA) is 59.4 Å². The highest BCUT2D eigenvalue weighted by atomic mass is 16.5. The Morgan fingerprint density at radius 1 is 1.69 bits per heavy atom. The first-order valence-corrected chi connectivity index (χ1v) is 3.63. The number of ether oxygens (including phenoxy) is 1. The quantitative estimate of drug-likeness (QED) is 0.548. The molecule has 0 radical (unpaired) electrons. The Hall–Kier alpha value is -1.84. The van der Waals surface area contributed by atoms with Gasteiger partial charge in [0.1, 0.15) is 0 Å². The third kappa shape index (κ3) is 2.30. The van der Waals surface area contributed by atoms with E-state index < -0.39 is 5.97 Å². The van der Waals surface area contributed by atoms with Crippen molar-refractivity contribution in [3.05, 3.63) is 30.5 Å². The lowest BCUT2D eigenvalue weighted by Gasteiger charge is -2.03. The van der Waals surface area contributed by atoms with Crippen LogP contribution < -0.4 is 4.74 Å². The Bertz CT molecular complexity index is 346.